The van der Waals surface area contributed by atoms with Crippen molar-refractivity contribution in [3.63, 3.8) is 0 Å². The zero-order valence-electron chi connectivity index (χ0n) is 10.5. The van der Waals surface area contributed by atoms with E-state index in [-0.39, 0.29) is 23.8 Å². The fourth-order valence-electron chi connectivity index (χ4n) is 2.02. The molecule has 3 N–H and O–H groups in total. The number of nitrogens with zero attached hydrogens (tertiary/aromatic N) is 1. The van der Waals surface area contributed by atoms with Gasteiger partial charge in [0, 0.05) is 12.2 Å². The van der Waals surface area contributed by atoms with E-state index in [4.69, 9.17) is 5.73 Å². The Morgan fingerprint density at radius 3 is 2.44 bits per heavy atom. The first-order valence-corrected chi connectivity index (χ1v) is 5.98. The molecule has 1 aliphatic heterocycles. The number of urea groups is 1. The van der Waals surface area contributed by atoms with Gasteiger partial charge in [-0.3, -0.25) is 4.79 Å². The van der Waals surface area contributed by atoms with Crippen LogP contribution >= 0.6 is 0 Å². The average Bonchev–Trinajstić information content (AvgIpc) is 2.31. The first-order valence-electron chi connectivity index (χ1n) is 5.98. The maximum atomic E-state index is 12.3. The highest BCUT2D eigenvalue weighted by atomic mass is 16.2. The van der Waals surface area contributed by atoms with Crippen LogP contribution in [0.3, 0.4) is 0 Å². The fraction of sp³-hybridized carbons (Fsp3) is 0.385. The molecule has 0 spiro atoms. The summed E-state index contributed by atoms with van der Waals surface area (Å²) in [6.45, 7) is 4.35. The molecule has 2 rings (SSSR count). The SMILES string of the molecule is CC(C)C1CNC(=O)N(c2ccc(N)cc2)C1=O. The van der Waals surface area contributed by atoms with Gasteiger partial charge in [-0.1, -0.05) is 13.8 Å². The molecule has 96 valence electrons. The van der Waals surface area contributed by atoms with E-state index >= 15 is 0 Å². The number of hydrogen-bond acceptors (Lipinski definition) is 3. The minimum atomic E-state index is -0.373. The van der Waals surface area contributed by atoms with E-state index in [1.807, 2.05) is 13.8 Å². The maximum absolute atomic E-state index is 12.3. The smallest absolute Gasteiger partial charge is 0.328 e. The van der Waals surface area contributed by atoms with E-state index in [2.05, 4.69) is 5.32 Å². The maximum Gasteiger partial charge on any atom is 0.328 e. The van der Waals surface area contributed by atoms with E-state index in [0.717, 1.165) is 0 Å². The van der Waals surface area contributed by atoms with Gasteiger partial charge in [0.2, 0.25) is 5.91 Å². The lowest BCUT2D eigenvalue weighted by Crippen LogP contribution is -2.56. The molecule has 0 aliphatic carbocycles. The number of carbonyl (C=O) groups excluding carboxylic acids is 2. The van der Waals surface area contributed by atoms with E-state index < -0.39 is 0 Å². The van der Waals surface area contributed by atoms with Crippen molar-refractivity contribution in [1.29, 1.82) is 0 Å². The third-order valence-corrected chi connectivity index (χ3v) is 3.17. The van der Waals surface area contributed by atoms with Gasteiger partial charge in [0.1, 0.15) is 0 Å². The Morgan fingerprint density at radius 2 is 1.89 bits per heavy atom. The van der Waals surface area contributed by atoms with Crippen LogP contribution in [0.25, 0.3) is 0 Å². The molecule has 0 radical (unpaired) electrons. The summed E-state index contributed by atoms with van der Waals surface area (Å²) in [7, 11) is 0. The Bertz CT molecular complexity index is 468. The predicted octanol–water partition coefficient (Wildman–Crippen LogP) is 1.60. The molecule has 1 fully saturated rings. The molecule has 18 heavy (non-hydrogen) atoms. The zero-order chi connectivity index (χ0) is 13.3. The number of nitrogens with one attached hydrogen (secondary N) is 1. The Balaban J connectivity index is 2.31. The summed E-state index contributed by atoms with van der Waals surface area (Å²) >= 11 is 0. The zero-order valence-corrected chi connectivity index (χ0v) is 10.5. The van der Waals surface area contributed by atoms with Crippen LogP contribution in [0.5, 0.6) is 0 Å². The van der Waals surface area contributed by atoms with Crippen molar-refractivity contribution in [3.05, 3.63) is 24.3 Å². The highest BCUT2D eigenvalue weighted by Gasteiger charge is 2.36. The van der Waals surface area contributed by atoms with Crippen molar-refractivity contribution in [1.82, 2.24) is 5.32 Å². The number of anilines is 2. The van der Waals surface area contributed by atoms with Gasteiger partial charge in [-0.2, -0.15) is 0 Å². The molecule has 0 bridgehead atoms. The molecule has 1 aliphatic rings. The average molecular weight is 247 g/mol. The van der Waals surface area contributed by atoms with E-state index in [0.29, 0.717) is 17.9 Å². The Kier molecular flexibility index (Phi) is 3.23. The highest BCUT2D eigenvalue weighted by Crippen LogP contribution is 2.24. The van der Waals surface area contributed by atoms with Crippen LogP contribution in [0.15, 0.2) is 24.3 Å². The first kappa shape index (κ1) is 12.4. The number of nitrogens with two attached hydrogens (primary N) is 1. The molecule has 1 aromatic carbocycles. The molecular formula is C13H17N3O2. The van der Waals surface area contributed by atoms with Crippen LogP contribution in [-0.4, -0.2) is 18.5 Å². The quantitative estimate of drug-likeness (QED) is 0.779. The molecular weight excluding hydrogens is 230 g/mol. The number of hydrogen-bond donors (Lipinski definition) is 2. The van der Waals surface area contributed by atoms with Crippen LogP contribution in [0.1, 0.15) is 13.8 Å². The molecule has 5 nitrogen and oxygen atoms in total. The second-order valence-corrected chi connectivity index (χ2v) is 4.80. The molecule has 1 aromatic rings. The van der Waals surface area contributed by atoms with Crippen LogP contribution in [0.2, 0.25) is 0 Å². The van der Waals surface area contributed by atoms with Gasteiger partial charge in [0.05, 0.1) is 11.6 Å². The fourth-order valence-corrected chi connectivity index (χ4v) is 2.02. The number of nitrogen functional groups attached to an aromatic ring is 1. The van der Waals surface area contributed by atoms with Gasteiger partial charge in [0.25, 0.3) is 0 Å². The van der Waals surface area contributed by atoms with Crippen molar-refractivity contribution >= 4 is 23.3 Å². The van der Waals surface area contributed by atoms with E-state index in [9.17, 15) is 9.59 Å². The van der Waals surface area contributed by atoms with Crippen LogP contribution in [0, 0.1) is 11.8 Å². The molecule has 0 saturated carbocycles. The summed E-state index contributed by atoms with van der Waals surface area (Å²) in [5, 5.41) is 2.74. The third kappa shape index (κ3) is 2.16. The first-order chi connectivity index (χ1) is 8.50. The van der Waals surface area contributed by atoms with Gasteiger partial charge in [-0.25, -0.2) is 9.69 Å². The van der Waals surface area contributed by atoms with Gasteiger partial charge >= 0.3 is 6.03 Å². The highest BCUT2D eigenvalue weighted by molar-refractivity contribution is 6.16. The van der Waals surface area contributed by atoms with E-state index in [1.165, 1.54) is 4.90 Å². The number of rotatable bonds is 2. The molecule has 1 unspecified atom stereocenters. The number of imide groups is 1. The van der Waals surface area contributed by atoms with Gasteiger partial charge in [-0.15, -0.1) is 0 Å². The minimum Gasteiger partial charge on any atom is -0.399 e. The lowest BCUT2D eigenvalue weighted by Gasteiger charge is -2.33. The standard InChI is InChI=1S/C13H17N3O2/c1-8(2)11-7-15-13(18)16(12(11)17)10-5-3-9(14)4-6-10/h3-6,8,11H,7,14H2,1-2H3,(H,15,18). The summed E-state index contributed by atoms with van der Waals surface area (Å²) in [6.07, 6.45) is 0. The van der Waals surface area contributed by atoms with Crippen molar-refractivity contribution in [2.24, 2.45) is 11.8 Å². The number of carbonyl (C=O) groups is 2. The van der Waals surface area contributed by atoms with Gasteiger partial charge in [-0.05, 0) is 30.2 Å². The molecule has 1 atom stereocenters. The predicted molar refractivity (Wildman–Crippen MR) is 70.1 cm³/mol. The summed E-state index contributed by atoms with van der Waals surface area (Å²) in [6, 6.07) is 6.33. The summed E-state index contributed by atoms with van der Waals surface area (Å²) in [5.41, 5.74) is 6.75. The molecule has 5 heteroatoms. The second-order valence-electron chi connectivity index (χ2n) is 4.80. The summed E-state index contributed by atoms with van der Waals surface area (Å²) in [4.78, 5) is 25.3. The largest absolute Gasteiger partial charge is 0.399 e. The second kappa shape index (κ2) is 4.68. The van der Waals surface area contributed by atoms with Crippen LogP contribution in [-0.2, 0) is 4.79 Å². The minimum absolute atomic E-state index is 0.154. The van der Waals surface area contributed by atoms with Crippen molar-refractivity contribution in [2.75, 3.05) is 17.2 Å². The number of benzene rings is 1. The molecule has 0 aromatic heterocycles. The Morgan fingerprint density at radius 1 is 1.28 bits per heavy atom. The molecule has 1 heterocycles. The lowest BCUT2D eigenvalue weighted by atomic mass is 9.92. The van der Waals surface area contributed by atoms with Gasteiger partial charge in [0.15, 0.2) is 0 Å². The third-order valence-electron chi connectivity index (χ3n) is 3.17. The Hall–Kier alpha value is -2.04. The number of amides is 3. The van der Waals surface area contributed by atoms with Gasteiger partial charge < -0.3 is 11.1 Å². The van der Waals surface area contributed by atoms with Crippen molar-refractivity contribution < 1.29 is 9.59 Å². The normalized spacial score (nSPS) is 20.2. The van der Waals surface area contributed by atoms with Crippen LogP contribution < -0.4 is 16.0 Å². The lowest BCUT2D eigenvalue weighted by molar-refractivity contribution is -0.123. The monoisotopic (exact) mass is 247 g/mol. The summed E-state index contributed by atoms with van der Waals surface area (Å²) in [5.74, 6) is -0.145. The Labute approximate surface area is 106 Å². The summed E-state index contributed by atoms with van der Waals surface area (Å²) < 4.78 is 0. The molecule has 1 saturated heterocycles. The van der Waals surface area contributed by atoms with Crippen LogP contribution in [0.4, 0.5) is 16.2 Å². The topological polar surface area (TPSA) is 75.4 Å². The molecule has 3 amide bonds. The van der Waals surface area contributed by atoms with Crippen molar-refractivity contribution in [2.45, 2.75) is 13.8 Å². The van der Waals surface area contributed by atoms with E-state index in [1.54, 1.807) is 24.3 Å². The van der Waals surface area contributed by atoms with Crippen molar-refractivity contribution in [3.8, 4) is 0 Å².